The fraction of sp³-hybridized carbons (Fsp3) is 0.474. The highest BCUT2D eigenvalue weighted by molar-refractivity contribution is 5.15. The zero-order valence-corrected chi connectivity index (χ0v) is 13.8. The maximum absolute atomic E-state index is 5.81. The molecule has 0 radical (unpaired) electrons. The lowest BCUT2D eigenvalue weighted by Crippen LogP contribution is -2.32. The number of aromatic nitrogens is 2. The summed E-state index contributed by atoms with van der Waals surface area (Å²) in [6.45, 7) is 6.86. The first-order valence-electron chi connectivity index (χ1n) is 8.41. The van der Waals surface area contributed by atoms with Crippen molar-refractivity contribution >= 4 is 0 Å². The van der Waals surface area contributed by atoms with Crippen molar-refractivity contribution in [1.29, 1.82) is 0 Å². The molecule has 0 amide bonds. The lowest BCUT2D eigenvalue weighted by atomic mass is 10.0. The Kier molecular flexibility index (Phi) is 5.72. The van der Waals surface area contributed by atoms with E-state index in [2.05, 4.69) is 51.3 Å². The van der Waals surface area contributed by atoms with E-state index in [0.717, 1.165) is 57.1 Å². The SMILES string of the molecule is Cc1cc(C[C@H]2COCCN(CCc3ccccc3)C2)ncn1. The van der Waals surface area contributed by atoms with Crippen LogP contribution in [0, 0.1) is 12.8 Å². The van der Waals surface area contributed by atoms with Gasteiger partial charge in [-0.1, -0.05) is 30.3 Å². The monoisotopic (exact) mass is 311 g/mol. The molecule has 0 spiro atoms. The van der Waals surface area contributed by atoms with E-state index >= 15 is 0 Å². The second kappa shape index (κ2) is 8.18. The fourth-order valence-corrected chi connectivity index (χ4v) is 3.13. The predicted octanol–water partition coefficient (Wildman–Crippen LogP) is 2.52. The van der Waals surface area contributed by atoms with E-state index < -0.39 is 0 Å². The topological polar surface area (TPSA) is 38.2 Å². The number of benzene rings is 1. The van der Waals surface area contributed by atoms with Crippen LogP contribution in [0.4, 0.5) is 0 Å². The quantitative estimate of drug-likeness (QED) is 0.850. The van der Waals surface area contributed by atoms with Gasteiger partial charge in [0.05, 0.1) is 13.2 Å². The molecule has 4 heteroatoms. The summed E-state index contributed by atoms with van der Waals surface area (Å²) in [5.74, 6) is 0.502. The van der Waals surface area contributed by atoms with Crippen LogP contribution in [-0.2, 0) is 17.6 Å². The van der Waals surface area contributed by atoms with Gasteiger partial charge in [-0.3, -0.25) is 0 Å². The Morgan fingerprint density at radius 2 is 2.09 bits per heavy atom. The van der Waals surface area contributed by atoms with Crippen LogP contribution in [0.1, 0.15) is 17.0 Å². The highest BCUT2D eigenvalue weighted by Crippen LogP contribution is 2.13. The fourth-order valence-electron chi connectivity index (χ4n) is 3.13. The van der Waals surface area contributed by atoms with Crippen LogP contribution in [0.15, 0.2) is 42.7 Å². The molecule has 1 saturated heterocycles. The maximum atomic E-state index is 5.81. The Morgan fingerprint density at radius 3 is 2.91 bits per heavy atom. The molecule has 0 N–H and O–H groups in total. The molecule has 0 bridgehead atoms. The normalized spacial score (nSPS) is 19.4. The minimum Gasteiger partial charge on any atom is -0.380 e. The molecular weight excluding hydrogens is 286 g/mol. The summed E-state index contributed by atoms with van der Waals surface area (Å²) >= 11 is 0. The third-order valence-corrected chi connectivity index (χ3v) is 4.34. The van der Waals surface area contributed by atoms with Gasteiger partial charge in [0.1, 0.15) is 6.33 Å². The summed E-state index contributed by atoms with van der Waals surface area (Å²) in [5.41, 5.74) is 3.56. The first kappa shape index (κ1) is 16.1. The van der Waals surface area contributed by atoms with Crippen molar-refractivity contribution in [2.24, 2.45) is 5.92 Å². The van der Waals surface area contributed by atoms with Crippen molar-refractivity contribution in [3.8, 4) is 0 Å². The molecule has 2 aromatic rings. The van der Waals surface area contributed by atoms with E-state index in [4.69, 9.17) is 4.74 Å². The Hall–Kier alpha value is -1.78. The van der Waals surface area contributed by atoms with Crippen molar-refractivity contribution in [1.82, 2.24) is 14.9 Å². The molecule has 1 aromatic carbocycles. The van der Waals surface area contributed by atoms with Gasteiger partial charge in [-0.2, -0.15) is 0 Å². The van der Waals surface area contributed by atoms with Gasteiger partial charge in [0, 0.05) is 36.9 Å². The largest absolute Gasteiger partial charge is 0.380 e. The van der Waals surface area contributed by atoms with E-state index in [1.807, 2.05) is 6.92 Å². The Balaban J connectivity index is 1.55. The number of rotatable bonds is 5. The minimum atomic E-state index is 0.502. The van der Waals surface area contributed by atoms with Gasteiger partial charge >= 0.3 is 0 Å². The van der Waals surface area contributed by atoms with Gasteiger partial charge < -0.3 is 9.64 Å². The van der Waals surface area contributed by atoms with Gasteiger partial charge in [-0.05, 0) is 31.4 Å². The molecule has 1 aliphatic heterocycles. The van der Waals surface area contributed by atoms with E-state index in [-0.39, 0.29) is 0 Å². The average molecular weight is 311 g/mol. The van der Waals surface area contributed by atoms with E-state index in [1.165, 1.54) is 5.56 Å². The van der Waals surface area contributed by atoms with Gasteiger partial charge in [0.2, 0.25) is 0 Å². The molecular formula is C19H25N3O. The van der Waals surface area contributed by atoms with Crippen molar-refractivity contribution in [3.05, 3.63) is 59.7 Å². The third kappa shape index (κ3) is 5.12. The smallest absolute Gasteiger partial charge is 0.115 e. The summed E-state index contributed by atoms with van der Waals surface area (Å²) in [5, 5.41) is 0. The Labute approximate surface area is 138 Å². The first-order chi connectivity index (χ1) is 11.3. The number of hydrogen-bond donors (Lipinski definition) is 0. The molecule has 0 saturated carbocycles. The summed E-state index contributed by atoms with van der Waals surface area (Å²) in [4.78, 5) is 11.1. The molecule has 23 heavy (non-hydrogen) atoms. The Morgan fingerprint density at radius 1 is 1.22 bits per heavy atom. The summed E-state index contributed by atoms with van der Waals surface area (Å²) in [6.07, 6.45) is 3.72. The summed E-state index contributed by atoms with van der Waals surface area (Å²) in [6, 6.07) is 12.8. The Bertz CT molecular complexity index is 603. The standard InChI is InChI=1S/C19H25N3O/c1-16-11-19(21-15-20-16)12-18-13-22(9-10-23-14-18)8-7-17-5-3-2-4-6-17/h2-6,11,15,18H,7-10,12-14H2,1H3/t18-/m1/s1. The minimum absolute atomic E-state index is 0.502. The molecule has 122 valence electrons. The van der Waals surface area contributed by atoms with Crippen molar-refractivity contribution in [2.75, 3.05) is 32.8 Å². The van der Waals surface area contributed by atoms with Crippen LogP contribution < -0.4 is 0 Å². The number of hydrogen-bond acceptors (Lipinski definition) is 4. The highest BCUT2D eigenvalue weighted by Gasteiger charge is 2.19. The molecule has 0 unspecified atom stereocenters. The van der Waals surface area contributed by atoms with Crippen molar-refractivity contribution < 1.29 is 4.74 Å². The second-order valence-corrected chi connectivity index (χ2v) is 6.33. The number of aryl methyl sites for hydroxylation is 1. The maximum Gasteiger partial charge on any atom is 0.115 e. The molecule has 1 fully saturated rings. The average Bonchev–Trinajstić information content (AvgIpc) is 2.79. The number of nitrogens with zero attached hydrogens (tertiary/aromatic N) is 3. The van der Waals surface area contributed by atoms with Crippen LogP contribution in [0.3, 0.4) is 0 Å². The van der Waals surface area contributed by atoms with E-state index in [1.54, 1.807) is 6.33 Å². The lowest BCUT2D eigenvalue weighted by Gasteiger charge is -2.23. The van der Waals surface area contributed by atoms with E-state index in [0.29, 0.717) is 5.92 Å². The summed E-state index contributed by atoms with van der Waals surface area (Å²) in [7, 11) is 0. The van der Waals surface area contributed by atoms with Gasteiger partial charge in [0.25, 0.3) is 0 Å². The van der Waals surface area contributed by atoms with Gasteiger partial charge in [-0.25, -0.2) is 9.97 Å². The van der Waals surface area contributed by atoms with Gasteiger partial charge in [-0.15, -0.1) is 0 Å². The van der Waals surface area contributed by atoms with Crippen molar-refractivity contribution in [3.63, 3.8) is 0 Å². The highest BCUT2D eigenvalue weighted by atomic mass is 16.5. The van der Waals surface area contributed by atoms with Crippen molar-refractivity contribution in [2.45, 2.75) is 19.8 Å². The summed E-state index contributed by atoms with van der Waals surface area (Å²) < 4.78 is 5.81. The second-order valence-electron chi connectivity index (χ2n) is 6.33. The lowest BCUT2D eigenvalue weighted by molar-refractivity contribution is 0.121. The van der Waals surface area contributed by atoms with Crippen LogP contribution >= 0.6 is 0 Å². The van der Waals surface area contributed by atoms with Crippen LogP contribution in [0.5, 0.6) is 0 Å². The number of ether oxygens (including phenoxy) is 1. The molecule has 0 aliphatic carbocycles. The third-order valence-electron chi connectivity index (χ3n) is 4.34. The van der Waals surface area contributed by atoms with Crippen LogP contribution in [-0.4, -0.2) is 47.7 Å². The molecule has 1 aromatic heterocycles. The zero-order valence-electron chi connectivity index (χ0n) is 13.8. The molecule has 4 nitrogen and oxygen atoms in total. The van der Waals surface area contributed by atoms with Crippen LogP contribution in [0.2, 0.25) is 0 Å². The molecule has 3 rings (SSSR count). The first-order valence-corrected chi connectivity index (χ1v) is 8.41. The molecule has 2 heterocycles. The van der Waals surface area contributed by atoms with Crippen LogP contribution in [0.25, 0.3) is 0 Å². The van der Waals surface area contributed by atoms with E-state index in [9.17, 15) is 0 Å². The predicted molar refractivity (Wildman–Crippen MR) is 91.4 cm³/mol. The van der Waals surface area contributed by atoms with Gasteiger partial charge in [0.15, 0.2) is 0 Å². The molecule has 1 aliphatic rings. The zero-order chi connectivity index (χ0) is 15.9. The molecule has 1 atom stereocenters.